The number of hydrogen-bond acceptors (Lipinski definition) is 4. The maximum absolute atomic E-state index is 12.4. The van der Waals surface area contributed by atoms with E-state index in [0.29, 0.717) is 5.92 Å². The second kappa shape index (κ2) is 7.62. The highest BCUT2D eigenvalue weighted by molar-refractivity contribution is 7.09. The number of nitrogens with zero attached hydrogens (tertiary/aromatic N) is 2. The van der Waals surface area contributed by atoms with E-state index in [-0.39, 0.29) is 11.4 Å². The maximum Gasteiger partial charge on any atom is 0.317 e. The molecule has 0 unspecified atom stereocenters. The minimum absolute atomic E-state index is 0.123. The number of carbonyl (C=O) groups is 1. The van der Waals surface area contributed by atoms with Crippen LogP contribution in [0, 0.1) is 11.3 Å². The number of carbonyl (C=O) groups excluding carboxylic acids is 1. The van der Waals surface area contributed by atoms with Crippen molar-refractivity contribution in [3.05, 3.63) is 16.6 Å². The molecule has 2 saturated heterocycles. The molecule has 0 bridgehead atoms. The SMILES string of the molecule is CC1(CNC(=O)N2CCC(Cc3nccs3)CC2)CCNCC1. The molecule has 0 saturated carbocycles. The smallest absolute Gasteiger partial charge is 0.317 e. The molecule has 2 aliphatic heterocycles. The average molecular weight is 337 g/mol. The molecule has 3 rings (SSSR count). The van der Waals surface area contributed by atoms with Gasteiger partial charge in [0.25, 0.3) is 0 Å². The van der Waals surface area contributed by atoms with Gasteiger partial charge in [0.1, 0.15) is 0 Å². The van der Waals surface area contributed by atoms with Gasteiger partial charge in [-0.15, -0.1) is 11.3 Å². The molecule has 0 aliphatic carbocycles. The number of likely N-dealkylation sites (tertiary alicyclic amines) is 1. The molecule has 0 atom stereocenters. The molecule has 2 fully saturated rings. The monoisotopic (exact) mass is 336 g/mol. The Morgan fingerprint density at radius 1 is 1.43 bits per heavy atom. The van der Waals surface area contributed by atoms with Gasteiger partial charge in [0.15, 0.2) is 0 Å². The Labute approximate surface area is 142 Å². The molecule has 3 heterocycles. The number of nitrogens with one attached hydrogen (secondary N) is 2. The molecule has 1 aromatic heterocycles. The maximum atomic E-state index is 12.4. The molecule has 1 aromatic rings. The quantitative estimate of drug-likeness (QED) is 0.888. The standard InChI is InChI=1S/C17H28N4OS/c1-17(4-6-18-7-5-17)13-20-16(22)21-9-2-14(3-10-21)12-15-19-8-11-23-15/h8,11,14,18H,2-7,9-10,12-13H2,1H3,(H,20,22). The molecule has 2 amide bonds. The Bertz CT molecular complexity index is 491. The van der Waals surface area contributed by atoms with Crippen molar-refractivity contribution in [2.24, 2.45) is 11.3 Å². The second-order valence-corrected chi connectivity index (χ2v) is 8.26. The van der Waals surface area contributed by atoms with Gasteiger partial charge in [0, 0.05) is 37.6 Å². The van der Waals surface area contributed by atoms with Crippen molar-refractivity contribution in [2.75, 3.05) is 32.7 Å². The van der Waals surface area contributed by atoms with E-state index in [4.69, 9.17) is 0 Å². The van der Waals surface area contributed by atoms with E-state index in [2.05, 4.69) is 22.5 Å². The second-order valence-electron chi connectivity index (χ2n) is 7.28. The van der Waals surface area contributed by atoms with Crippen molar-refractivity contribution in [1.29, 1.82) is 0 Å². The van der Waals surface area contributed by atoms with Crippen LogP contribution in [0.1, 0.15) is 37.6 Å². The van der Waals surface area contributed by atoms with Crippen LogP contribution in [0.25, 0.3) is 0 Å². The van der Waals surface area contributed by atoms with Gasteiger partial charge in [-0.25, -0.2) is 9.78 Å². The topological polar surface area (TPSA) is 57.3 Å². The predicted molar refractivity (Wildman–Crippen MR) is 93.7 cm³/mol. The van der Waals surface area contributed by atoms with E-state index in [1.54, 1.807) is 11.3 Å². The zero-order valence-corrected chi connectivity index (χ0v) is 14.8. The number of urea groups is 1. The fraction of sp³-hybridized carbons (Fsp3) is 0.765. The predicted octanol–water partition coefficient (Wildman–Crippen LogP) is 2.50. The van der Waals surface area contributed by atoms with Crippen LogP contribution in [-0.4, -0.2) is 48.6 Å². The first-order valence-electron chi connectivity index (χ1n) is 8.76. The number of thiazole rings is 1. The van der Waals surface area contributed by atoms with Crippen LogP contribution in [0.2, 0.25) is 0 Å². The third-order valence-corrected chi connectivity index (χ3v) is 6.13. The van der Waals surface area contributed by atoms with Gasteiger partial charge in [-0.2, -0.15) is 0 Å². The number of aromatic nitrogens is 1. The highest BCUT2D eigenvalue weighted by Crippen LogP contribution is 2.27. The Morgan fingerprint density at radius 3 is 2.83 bits per heavy atom. The summed E-state index contributed by atoms with van der Waals surface area (Å²) in [7, 11) is 0. The largest absolute Gasteiger partial charge is 0.337 e. The average Bonchev–Trinajstić information content (AvgIpc) is 3.07. The zero-order chi connectivity index (χ0) is 16.1. The number of hydrogen-bond donors (Lipinski definition) is 2. The first-order valence-corrected chi connectivity index (χ1v) is 9.64. The van der Waals surface area contributed by atoms with Crippen LogP contribution in [0.15, 0.2) is 11.6 Å². The number of piperidine rings is 2. The lowest BCUT2D eigenvalue weighted by Crippen LogP contribution is -2.49. The third-order valence-electron chi connectivity index (χ3n) is 5.33. The Morgan fingerprint density at radius 2 is 2.17 bits per heavy atom. The summed E-state index contributed by atoms with van der Waals surface area (Å²) < 4.78 is 0. The molecule has 0 radical (unpaired) electrons. The fourth-order valence-electron chi connectivity index (χ4n) is 3.55. The third kappa shape index (κ3) is 4.67. The molecule has 6 heteroatoms. The van der Waals surface area contributed by atoms with Crippen LogP contribution in [0.5, 0.6) is 0 Å². The van der Waals surface area contributed by atoms with Gasteiger partial charge < -0.3 is 15.5 Å². The summed E-state index contributed by atoms with van der Waals surface area (Å²) in [5.41, 5.74) is 0.254. The van der Waals surface area contributed by atoms with Gasteiger partial charge >= 0.3 is 6.03 Å². The van der Waals surface area contributed by atoms with E-state index in [0.717, 1.165) is 64.8 Å². The first-order chi connectivity index (χ1) is 11.1. The molecule has 5 nitrogen and oxygen atoms in total. The van der Waals surface area contributed by atoms with E-state index in [1.165, 1.54) is 5.01 Å². The van der Waals surface area contributed by atoms with E-state index < -0.39 is 0 Å². The van der Waals surface area contributed by atoms with Gasteiger partial charge in [-0.1, -0.05) is 6.92 Å². The van der Waals surface area contributed by atoms with E-state index in [9.17, 15) is 4.79 Å². The molecular weight excluding hydrogens is 308 g/mol. The Balaban J connectivity index is 1.39. The lowest BCUT2D eigenvalue weighted by Gasteiger charge is -2.36. The summed E-state index contributed by atoms with van der Waals surface area (Å²) in [4.78, 5) is 18.8. The molecule has 2 N–H and O–H groups in total. The van der Waals surface area contributed by atoms with Crippen LogP contribution in [-0.2, 0) is 6.42 Å². The minimum atomic E-state index is 0.123. The van der Waals surface area contributed by atoms with Gasteiger partial charge in [-0.3, -0.25) is 0 Å². The van der Waals surface area contributed by atoms with Crippen molar-refractivity contribution in [1.82, 2.24) is 20.5 Å². The minimum Gasteiger partial charge on any atom is -0.337 e. The Hall–Kier alpha value is -1.14. The van der Waals surface area contributed by atoms with Crippen molar-refractivity contribution < 1.29 is 4.79 Å². The van der Waals surface area contributed by atoms with Gasteiger partial charge in [0.05, 0.1) is 5.01 Å². The fourth-order valence-corrected chi connectivity index (χ4v) is 4.28. The summed E-state index contributed by atoms with van der Waals surface area (Å²) in [6.07, 6.45) is 7.41. The van der Waals surface area contributed by atoms with Crippen LogP contribution < -0.4 is 10.6 Å². The highest BCUT2D eigenvalue weighted by atomic mass is 32.1. The zero-order valence-electron chi connectivity index (χ0n) is 14.0. The Kier molecular flexibility index (Phi) is 5.54. The lowest BCUT2D eigenvalue weighted by atomic mass is 9.81. The molecule has 2 aliphatic rings. The number of rotatable bonds is 4. The van der Waals surface area contributed by atoms with Crippen molar-refractivity contribution in [3.8, 4) is 0 Å². The first kappa shape index (κ1) is 16.7. The van der Waals surface area contributed by atoms with Crippen molar-refractivity contribution in [2.45, 2.75) is 39.0 Å². The molecule has 0 aromatic carbocycles. The van der Waals surface area contributed by atoms with Crippen LogP contribution >= 0.6 is 11.3 Å². The van der Waals surface area contributed by atoms with Crippen LogP contribution in [0.3, 0.4) is 0 Å². The summed E-state index contributed by atoms with van der Waals surface area (Å²) in [5.74, 6) is 0.673. The van der Waals surface area contributed by atoms with Gasteiger partial charge in [-0.05, 0) is 50.1 Å². The summed E-state index contributed by atoms with van der Waals surface area (Å²) >= 11 is 1.74. The summed E-state index contributed by atoms with van der Waals surface area (Å²) in [6.45, 7) is 6.96. The lowest BCUT2D eigenvalue weighted by molar-refractivity contribution is 0.159. The van der Waals surface area contributed by atoms with Gasteiger partial charge in [0.2, 0.25) is 0 Å². The van der Waals surface area contributed by atoms with E-state index >= 15 is 0 Å². The van der Waals surface area contributed by atoms with Crippen LogP contribution in [0.4, 0.5) is 4.79 Å². The van der Waals surface area contributed by atoms with Crippen molar-refractivity contribution in [3.63, 3.8) is 0 Å². The summed E-state index contributed by atoms with van der Waals surface area (Å²) in [5, 5.41) is 9.83. The molecule has 128 valence electrons. The molecule has 0 spiro atoms. The normalized spacial score (nSPS) is 22.0. The van der Waals surface area contributed by atoms with Crippen molar-refractivity contribution >= 4 is 17.4 Å². The summed E-state index contributed by atoms with van der Waals surface area (Å²) in [6, 6.07) is 0.123. The van der Waals surface area contributed by atoms with E-state index in [1.807, 2.05) is 16.5 Å². The molecular formula is C17H28N4OS. The number of amides is 2. The molecule has 23 heavy (non-hydrogen) atoms. The highest BCUT2D eigenvalue weighted by Gasteiger charge is 2.29.